The van der Waals surface area contributed by atoms with E-state index < -0.39 is 0 Å². The molecule has 19 heavy (non-hydrogen) atoms. The highest BCUT2D eigenvalue weighted by atomic mass is 32.1. The molecule has 1 atom stereocenters. The van der Waals surface area contributed by atoms with Crippen LogP contribution in [0.2, 0.25) is 0 Å². The molecule has 3 nitrogen and oxygen atoms in total. The van der Waals surface area contributed by atoms with Crippen LogP contribution in [-0.4, -0.2) is 25.7 Å². The van der Waals surface area contributed by atoms with Crippen molar-refractivity contribution in [1.29, 1.82) is 0 Å². The van der Waals surface area contributed by atoms with Crippen LogP contribution in [0.1, 0.15) is 61.0 Å². The van der Waals surface area contributed by atoms with Crippen LogP contribution in [0, 0.1) is 0 Å². The fraction of sp³-hybridized carbons (Fsp3) is 0.800. The fourth-order valence-corrected chi connectivity index (χ4v) is 4.57. The van der Waals surface area contributed by atoms with E-state index in [1.165, 1.54) is 34.8 Å². The lowest BCUT2D eigenvalue weighted by Gasteiger charge is -2.27. The number of fused-ring (bicyclic) bond motifs is 1. The highest BCUT2D eigenvalue weighted by Gasteiger charge is 2.34. The van der Waals surface area contributed by atoms with Gasteiger partial charge >= 0.3 is 0 Å². The van der Waals surface area contributed by atoms with Gasteiger partial charge in [0.2, 0.25) is 0 Å². The Balaban J connectivity index is 2.35. The van der Waals surface area contributed by atoms with Gasteiger partial charge in [-0.25, -0.2) is 4.98 Å². The molecular formula is C15H26N2OS. The molecule has 0 radical (unpaired) electrons. The second kappa shape index (κ2) is 6.33. The van der Waals surface area contributed by atoms with Gasteiger partial charge in [0.1, 0.15) is 10.6 Å². The van der Waals surface area contributed by atoms with Crippen molar-refractivity contribution in [2.24, 2.45) is 0 Å². The smallest absolute Gasteiger partial charge is 0.125 e. The standard InChI is InChI=1S/C15H26N2OS/c1-5-15(6-2,18-4)14-17-13-11(10-16-3)8-7-9-12(13)19-14/h11,16H,5-10H2,1-4H3. The molecule has 108 valence electrons. The van der Waals surface area contributed by atoms with E-state index in [2.05, 4.69) is 19.2 Å². The third-order valence-corrected chi connectivity index (χ3v) is 5.76. The normalized spacial score (nSPS) is 19.5. The Bertz CT molecular complexity index is 404. The lowest BCUT2D eigenvalue weighted by atomic mass is 9.91. The second-order valence-corrected chi connectivity index (χ2v) is 6.46. The van der Waals surface area contributed by atoms with E-state index >= 15 is 0 Å². The largest absolute Gasteiger partial charge is 0.371 e. The molecular weight excluding hydrogens is 256 g/mol. The molecule has 1 aromatic rings. The predicted molar refractivity (Wildman–Crippen MR) is 81.0 cm³/mol. The van der Waals surface area contributed by atoms with Gasteiger partial charge < -0.3 is 10.1 Å². The maximum absolute atomic E-state index is 5.83. The van der Waals surface area contributed by atoms with E-state index in [1.807, 2.05) is 25.5 Å². The lowest BCUT2D eigenvalue weighted by molar-refractivity contribution is -0.0220. The van der Waals surface area contributed by atoms with Crippen LogP contribution in [0.4, 0.5) is 0 Å². The van der Waals surface area contributed by atoms with Gasteiger partial charge in [0.15, 0.2) is 0 Å². The average molecular weight is 282 g/mol. The SMILES string of the molecule is CCC(CC)(OC)c1nc2c(s1)CCCC2CNC. The maximum atomic E-state index is 5.83. The number of ether oxygens (including phenoxy) is 1. The van der Waals surface area contributed by atoms with E-state index in [4.69, 9.17) is 9.72 Å². The van der Waals surface area contributed by atoms with E-state index in [-0.39, 0.29) is 5.60 Å². The maximum Gasteiger partial charge on any atom is 0.125 e. The van der Waals surface area contributed by atoms with Crippen molar-refractivity contribution in [1.82, 2.24) is 10.3 Å². The molecule has 0 fully saturated rings. The molecule has 0 aliphatic heterocycles. The summed E-state index contributed by atoms with van der Waals surface area (Å²) in [5, 5.41) is 4.49. The van der Waals surface area contributed by atoms with Gasteiger partial charge in [-0.3, -0.25) is 0 Å². The van der Waals surface area contributed by atoms with E-state index in [0.29, 0.717) is 5.92 Å². The zero-order valence-corrected chi connectivity index (χ0v) is 13.4. The number of likely N-dealkylation sites (N-methyl/N-ethyl adjacent to an activating group) is 1. The summed E-state index contributed by atoms with van der Waals surface area (Å²) in [6.07, 6.45) is 5.72. The first kappa shape index (κ1) is 14.9. The van der Waals surface area contributed by atoms with Crippen molar-refractivity contribution in [3.05, 3.63) is 15.6 Å². The number of hydrogen-bond donors (Lipinski definition) is 1. The molecule has 0 aromatic carbocycles. The van der Waals surface area contributed by atoms with Crippen molar-refractivity contribution < 1.29 is 4.74 Å². The molecule has 1 N–H and O–H groups in total. The molecule has 1 unspecified atom stereocenters. The van der Waals surface area contributed by atoms with Crippen molar-refractivity contribution in [3.8, 4) is 0 Å². The molecule has 0 bridgehead atoms. The highest BCUT2D eigenvalue weighted by molar-refractivity contribution is 7.11. The molecule has 1 aliphatic carbocycles. The van der Waals surface area contributed by atoms with Gasteiger partial charge in [-0.2, -0.15) is 0 Å². The third-order valence-electron chi connectivity index (χ3n) is 4.44. The minimum Gasteiger partial charge on any atom is -0.371 e. The van der Waals surface area contributed by atoms with Gasteiger partial charge in [-0.15, -0.1) is 11.3 Å². The fourth-order valence-electron chi connectivity index (χ4n) is 3.08. The quantitative estimate of drug-likeness (QED) is 0.868. The summed E-state index contributed by atoms with van der Waals surface area (Å²) in [6.45, 7) is 5.42. The van der Waals surface area contributed by atoms with Gasteiger partial charge in [0.25, 0.3) is 0 Å². The molecule has 0 spiro atoms. The third kappa shape index (κ3) is 2.71. The summed E-state index contributed by atoms with van der Waals surface area (Å²) in [7, 11) is 3.84. The lowest BCUT2D eigenvalue weighted by Crippen LogP contribution is -2.27. The first-order chi connectivity index (χ1) is 9.20. The number of nitrogens with one attached hydrogen (secondary N) is 1. The monoisotopic (exact) mass is 282 g/mol. The Morgan fingerprint density at radius 3 is 2.74 bits per heavy atom. The number of aromatic nitrogens is 1. The van der Waals surface area contributed by atoms with Crippen LogP contribution in [0.15, 0.2) is 0 Å². The van der Waals surface area contributed by atoms with E-state index in [1.54, 1.807) is 0 Å². The Hall–Kier alpha value is -0.450. The van der Waals surface area contributed by atoms with Crippen molar-refractivity contribution in [2.45, 2.75) is 57.5 Å². The Morgan fingerprint density at radius 2 is 2.16 bits per heavy atom. The van der Waals surface area contributed by atoms with Crippen molar-refractivity contribution >= 4 is 11.3 Å². The first-order valence-corrected chi connectivity index (χ1v) is 8.22. The summed E-state index contributed by atoms with van der Waals surface area (Å²) >= 11 is 1.88. The number of aryl methyl sites for hydroxylation is 1. The number of rotatable bonds is 6. The van der Waals surface area contributed by atoms with E-state index in [0.717, 1.165) is 19.4 Å². The van der Waals surface area contributed by atoms with Gasteiger partial charge in [-0.05, 0) is 39.2 Å². The molecule has 0 saturated heterocycles. The molecule has 0 amide bonds. The first-order valence-electron chi connectivity index (χ1n) is 7.40. The van der Waals surface area contributed by atoms with Crippen LogP contribution in [0.5, 0.6) is 0 Å². The summed E-state index contributed by atoms with van der Waals surface area (Å²) in [4.78, 5) is 6.48. The minimum atomic E-state index is -0.174. The van der Waals surface area contributed by atoms with Crippen LogP contribution in [0.3, 0.4) is 0 Å². The van der Waals surface area contributed by atoms with Gasteiger partial charge in [0.05, 0.1) is 5.69 Å². The molecule has 4 heteroatoms. The second-order valence-electron chi connectivity index (χ2n) is 5.38. The predicted octanol–water partition coefficient (Wildman–Crippen LogP) is 3.44. The Morgan fingerprint density at radius 1 is 1.42 bits per heavy atom. The zero-order valence-electron chi connectivity index (χ0n) is 12.6. The topological polar surface area (TPSA) is 34.1 Å². The number of hydrogen-bond acceptors (Lipinski definition) is 4. The highest BCUT2D eigenvalue weighted by Crippen LogP contribution is 2.41. The van der Waals surface area contributed by atoms with Crippen LogP contribution in [-0.2, 0) is 16.8 Å². The summed E-state index contributed by atoms with van der Waals surface area (Å²) in [6, 6.07) is 0. The molecule has 1 heterocycles. The van der Waals surface area contributed by atoms with Crippen LogP contribution in [0.25, 0.3) is 0 Å². The molecule has 1 aliphatic rings. The van der Waals surface area contributed by atoms with Crippen LogP contribution >= 0.6 is 11.3 Å². The summed E-state index contributed by atoms with van der Waals surface area (Å²) < 4.78 is 5.83. The molecule has 0 saturated carbocycles. The number of nitrogens with zero attached hydrogens (tertiary/aromatic N) is 1. The Labute approximate surface area is 120 Å². The summed E-state index contributed by atoms with van der Waals surface area (Å²) in [5.41, 5.74) is 1.16. The van der Waals surface area contributed by atoms with Crippen LogP contribution < -0.4 is 5.32 Å². The van der Waals surface area contributed by atoms with Gasteiger partial charge in [0, 0.05) is 24.4 Å². The van der Waals surface area contributed by atoms with Crippen molar-refractivity contribution in [3.63, 3.8) is 0 Å². The van der Waals surface area contributed by atoms with E-state index in [9.17, 15) is 0 Å². The Kier molecular flexibility index (Phi) is 4.98. The number of methoxy groups -OCH3 is 1. The molecule has 2 rings (SSSR count). The minimum absolute atomic E-state index is 0.174. The zero-order chi connectivity index (χ0) is 13.9. The summed E-state index contributed by atoms with van der Waals surface area (Å²) in [5.74, 6) is 0.585. The number of thiazole rings is 1. The average Bonchev–Trinajstić information content (AvgIpc) is 2.87. The molecule has 1 aromatic heterocycles. The van der Waals surface area contributed by atoms with Gasteiger partial charge in [-0.1, -0.05) is 13.8 Å². The van der Waals surface area contributed by atoms with Crippen molar-refractivity contribution in [2.75, 3.05) is 20.7 Å².